The second-order valence-corrected chi connectivity index (χ2v) is 9.44. The molecule has 0 saturated carbocycles. The molecule has 0 aliphatic rings. The van der Waals surface area contributed by atoms with Crippen LogP contribution in [-0.2, 0) is 12.6 Å². The van der Waals surface area contributed by atoms with Crippen LogP contribution in [0.5, 0.6) is 0 Å². The molecule has 3 aromatic rings. The summed E-state index contributed by atoms with van der Waals surface area (Å²) in [6.45, 7) is 0. The van der Waals surface area contributed by atoms with E-state index in [0.717, 1.165) is 30.4 Å². The number of hydrogen-bond donors (Lipinski definition) is 0. The average Bonchev–Trinajstić information content (AvgIpc) is 2.80. The zero-order chi connectivity index (χ0) is 26.7. The monoisotopic (exact) mass is 581 g/mol. The van der Waals surface area contributed by atoms with E-state index in [2.05, 4.69) is 4.98 Å². The minimum Gasteiger partial charge on any atom is -0.264 e. The van der Waals surface area contributed by atoms with Crippen LogP contribution in [0.4, 0.5) is 26.3 Å². The van der Waals surface area contributed by atoms with Crippen LogP contribution in [0.25, 0.3) is 6.08 Å². The molecule has 0 aliphatic heterocycles. The summed E-state index contributed by atoms with van der Waals surface area (Å²) in [5.74, 6) is -2.17. The lowest BCUT2D eigenvalue weighted by atomic mass is 9.95. The Morgan fingerprint density at radius 2 is 1.64 bits per heavy atom. The Kier molecular flexibility index (Phi) is 9.09. The molecule has 1 heterocycles. The Hall–Kier alpha value is -2.13. The van der Waals surface area contributed by atoms with Gasteiger partial charge in [-0.1, -0.05) is 77.4 Å². The first-order valence-corrected chi connectivity index (χ1v) is 11.8. The maximum Gasteiger partial charge on any atom is 0.416 e. The highest BCUT2D eigenvalue weighted by Gasteiger charge is 2.39. The van der Waals surface area contributed by atoms with Crippen molar-refractivity contribution in [3.05, 3.63) is 104 Å². The van der Waals surface area contributed by atoms with E-state index < -0.39 is 23.8 Å². The third-order valence-electron chi connectivity index (χ3n) is 5.24. The highest BCUT2D eigenvalue weighted by molar-refractivity contribution is 7.80. The van der Waals surface area contributed by atoms with Crippen molar-refractivity contribution in [3.8, 4) is 0 Å². The van der Waals surface area contributed by atoms with Gasteiger partial charge in [0.1, 0.15) is 0 Å². The third kappa shape index (κ3) is 7.22. The largest absolute Gasteiger partial charge is 0.416 e. The van der Waals surface area contributed by atoms with Gasteiger partial charge < -0.3 is 0 Å². The molecule has 1 aromatic heterocycles. The predicted molar refractivity (Wildman–Crippen MR) is 135 cm³/mol. The van der Waals surface area contributed by atoms with Crippen LogP contribution >= 0.6 is 47.0 Å². The summed E-state index contributed by atoms with van der Waals surface area (Å²) >= 11 is 22.8. The highest BCUT2D eigenvalue weighted by Crippen LogP contribution is 2.41. The molecule has 0 fully saturated rings. The van der Waals surface area contributed by atoms with E-state index in [-0.39, 0.29) is 44.6 Å². The number of thiocarbonyl (C=S) groups is 1. The van der Waals surface area contributed by atoms with Crippen LogP contribution < -0.4 is 0 Å². The van der Waals surface area contributed by atoms with Gasteiger partial charge in [-0.15, -0.1) is 0 Å². The number of hydrogen-bond acceptors (Lipinski definition) is 2. The van der Waals surface area contributed by atoms with Crippen LogP contribution in [0.3, 0.4) is 0 Å². The Morgan fingerprint density at radius 3 is 2.19 bits per heavy atom. The molecular weight excluding hydrogens is 567 g/mol. The summed E-state index contributed by atoms with van der Waals surface area (Å²) in [6, 6.07) is 8.81. The normalized spacial score (nSPS) is 13.2. The fourth-order valence-corrected chi connectivity index (χ4v) is 4.31. The Labute approximate surface area is 223 Å². The van der Waals surface area contributed by atoms with Crippen LogP contribution in [0, 0.1) is 0 Å². The van der Waals surface area contributed by atoms with E-state index >= 15 is 0 Å². The molecule has 0 bridgehead atoms. The molecule has 190 valence electrons. The van der Waals surface area contributed by atoms with Crippen LogP contribution in [0.1, 0.15) is 40.2 Å². The second-order valence-electron chi connectivity index (χ2n) is 7.76. The molecule has 0 amide bonds. The zero-order valence-corrected chi connectivity index (χ0v) is 21.2. The number of allylic oxidation sites excluding steroid dienone is 1. The molecule has 1 nitrogen and oxygen atoms in total. The van der Waals surface area contributed by atoms with Crippen LogP contribution in [0.15, 0.2) is 60.9 Å². The number of pyridine rings is 1. The van der Waals surface area contributed by atoms with Crippen molar-refractivity contribution in [2.75, 3.05) is 0 Å². The number of halogens is 9. The van der Waals surface area contributed by atoms with Gasteiger partial charge in [0.05, 0.1) is 26.5 Å². The highest BCUT2D eigenvalue weighted by atomic mass is 35.5. The molecule has 11 heteroatoms. The fourth-order valence-electron chi connectivity index (χ4n) is 3.47. The van der Waals surface area contributed by atoms with E-state index in [1.165, 1.54) is 18.3 Å². The first kappa shape index (κ1) is 28.4. The minimum atomic E-state index is -4.76. The van der Waals surface area contributed by atoms with E-state index in [1.807, 2.05) is 0 Å². The van der Waals surface area contributed by atoms with Gasteiger partial charge in [-0.25, -0.2) is 0 Å². The van der Waals surface area contributed by atoms with Crippen molar-refractivity contribution in [1.29, 1.82) is 0 Å². The summed E-state index contributed by atoms with van der Waals surface area (Å²) in [7, 11) is 0. The Morgan fingerprint density at radius 1 is 0.972 bits per heavy atom. The van der Waals surface area contributed by atoms with Crippen molar-refractivity contribution in [3.63, 3.8) is 0 Å². The van der Waals surface area contributed by atoms with E-state index in [9.17, 15) is 26.3 Å². The van der Waals surface area contributed by atoms with E-state index in [1.54, 1.807) is 18.3 Å². The number of benzene rings is 2. The molecule has 36 heavy (non-hydrogen) atoms. The number of alkyl halides is 6. The van der Waals surface area contributed by atoms with E-state index in [0.29, 0.717) is 10.4 Å². The minimum absolute atomic E-state index is 0.000482. The molecule has 0 radical (unpaired) electrons. The lowest BCUT2D eigenvalue weighted by Gasteiger charge is -2.19. The SMILES string of the molecule is FC(F)(F)c1cc(/C=C/C(c2cc(Cl)c(Cl)c(Cl)c2)C(F)(F)F)ccc1CCC(=S)c1cccnc1. The molecule has 0 aliphatic carbocycles. The van der Waals surface area contributed by atoms with Gasteiger partial charge in [0.25, 0.3) is 0 Å². The summed E-state index contributed by atoms with van der Waals surface area (Å²) in [5.41, 5.74) is -0.674. The molecule has 2 aromatic carbocycles. The number of rotatable bonds is 7. The Bertz CT molecular complexity index is 1250. The molecule has 0 N–H and O–H groups in total. The molecule has 1 atom stereocenters. The van der Waals surface area contributed by atoms with Gasteiger partial charge in [0.2, 0.25) is 0 Å². The van der Waals surface area contributed by atoms with Crippen LogP contribution in [0.2, 0.25) is 15.1 Å². The number of aromatic nitrogens is 1. The maximum absolute atomic E-state index is 13.8. The summed E-state index contributed by atoms with van der Waals surface area (Å²) in [4.78, 5) is 4.39. The summed E-state index contributed by atoms with van der Waals surface area (Å²) in [5, 5.41) is -0.440. The van der Waals surface area contributed by atoms with Gasteiger partial charge in [-0.2, -0.15) is 26.3 Å². The summed E-state index contributed by atoms with van der Waals surface area (Å²) in [6.07, 6.45) is -4.48. The molecule has 3 rings (SSSR count). The molecule has 0 spiro atoms. The van der Waals surface area contributed by atoms with Gasteiger partial charge in [0.15, 0.2) is 0 Å². The number of nitrogens with zero attached hydrogens (tertiary/aromatic N) is 1. The van der Waals surface area contributed by atoms with E-state index in [4.69, 9.17) is 47.0 Å². The third-order valence-corrected chi connectivity index (χ3v) is 6.88. The van der Waals surface area contributed by atoms with Crippen molar-refractivity contribution >= 4 is 58.0 Å². The molecule has 0 saturated heterocycles. The van der Waals surface area contributed by atoms with Gasteiger partial charge in [-0.3, -0.25) is 4.98 Å². The van der Waals surface area contributed by atoms with Gasteiger partial charge in [-0.05, 0) is 53.8 Å². The van der Waals surface area contributed by atoms with Crippen molar-refractivity contribution in [1.82, 2.24) is 4.98 Å². The second kappa shape index (κ2) is 11.5. The first-order chi connectivity index (χ1) is 16.8. The summed E-state index contributed by atoms with van der Waals surface area (Å²) < 4.78 is 82.6. The lowest BCUT2D eigenvalue weighted by Crippen LogP contribution is -2.19. The standard InChI is InChI=1S/C25H16Cl3F6NS/c26-20-11-17(12-21(27)23(20)28)18(24(29,30)31)7-4-14-3-5-15(19(10-14)25(32,33)34)6-8-22(36)16-2-1-9-35-13-16/h1-5,7,9-13,18H,6,8H2/b7-4+. The lowest BCUT2D eigenvalue weighted by molar-refractivity contribution is -0.140. The topological polar surface area (TPSA) is 12.9 Å². The molecule has 1 unspecified atom stereocenters. The quantitative estimate of drug-likeness (QED) is 0.119. The fraction of sp³-hybridized carbons (Fsp3) is 0.200. The average molecular weight is 583 g/mol. The molecular formula is C25H16Cl3F6NS. The van der Waals surface area contributed by atoms with Crippen LogP contribution in [-0.4, -0.2) is 16.0 Å². The number of aryl methyl sites for hydroxylation is 1. The van der Waals surface area contributed by atoms with Gasteiger partial charge >= 0.3 is 12.4 Å². The smallest absolute Gasteiger partial charge is 0.264 e. The zero-order valence-electron chi connectivity index (χ0n) is 18.1. The van der Waals surface area contributed by atoms with Crippen molar-refractivity contribution in [2.24, 2.45) is 0 Å². The first-order valence-electron chi connectivity index (χ1n) is 10.3. The van der Waals surface area contributed by atoms with Gasteiger partial charge in [0, 0.05) is 22.8 Å². The Balaban J connectivity index is 1.90. The predicted octanol–water partition coefficient (Wildman–Crippen LogP) is 9.77. The van der Waals surface area contributed by atoms with Crippen molar-refractivity contribution in [2.45, 2.75) is 31.1 Å². The van der Waals surface area contributed by atoms with Crippen molar-refractivity contribution < 1.29 is 26.3 Å². The maximum atomic E-state index is 13.8.